The molecule has 48 heavy (non-hydrogen) atoms. The number of nitriles is 1. The predicted octanol–water partition coefficient (Wildman–Crippen LogP) is 11.6. The normalized spacial score (nSPS) is 11.8. The molecule has 0 fully saturated rings. The van der Waals surface area contributed by atoms with Crippen molar-refractivity contribution in [3.8, 4) is 28.6 Å². The second-order valence-electron chi connectivity index (χ2n) is 12.0. The molecule has 0 amide bonds. The summed E-state index contributed by atoms with van der Waals surface area (Å²) in [6, 6.07) is 37.2. The minimum atomic E-state index is -4.75. The molecule has 0 atom stereocenters. The van der Waals surface area contributed by atoms with Crippen molar-refractivity contribution in [1.82, 2.24) is 9.13 Å². The van der Waals surface area contributed by atoms with Crippen LogP contribution in [0.25, 0.3) is 71.0 Å². The summed E-state index contributed by atoms with van der Waals surface area (Å²) in [5.74, 6) is 0. The fourth-order valence-electron chi connectivity index (χ4n) is 7.13. The predicted molar refractivity (Wildman–Crippen MR) is 186 cm³/mol. The summed E-state index contributed by atoms with van der Waals surface area (Å²) in [7, 11) is 0. The lowest BCUT2D eigenvalue weighted by atomic mass is 9.92. The highest BCUT2D eigenvalue weighted by molar-refractivity contribution is 6.12. The van der Waals surface area contributed by atoms with Crippen molar-refractivity contribution in [2.24, 2.45) is 0 Å². The summed E-state index contributed by atoms with van der Waals surface area (Å²) in [4.78, 5) is 3.55. The number of rotatable bonds is 3. The minimum absolute atomic E-state index is 0.146. The molecule has 0 saturated carbocycles. The number of hydrogen-bond donors (Lipinski definition) is 0. The molecular formula is C41H25F3N4. The van der Waals surface area contributed by atoms with Gasteiger partial charge in [-0.25, -0.2) is 4.85 Å². The number of alkyl halides is 3. The van der Waals surface area contributed by atoms with Gasteiger partial charge >= 0.3 is 6.18 Å². The van der Waals surface area contributed by atoms with Gasteiger partial charge in [-0.3, -0.25) is 0 Å². The molecule has 0 unspecified atom stereocenters. The summed E-state index contributed by atoms with van der Waals surface area (Å²) in [6.07, 6.45) is -4.75. The van der Waals surface area contributed by atoms with Crippen LogP contribution in [0.1, 0.15) is 22.3 Å². The van der Waals surface area contributed by atoms with Gasteiger partial charge in [-0.1, -0.05) is 84.9 Å². The third-order valence-corrected chi connectivity index (χ3v) is 9.13. The molecule has 0 aliphatic carbocycles. The largest absolute Gasteiger partial charge is 0.415 e. The molecule has 0 spiro atoms. The quantitative estimate of drug-likeness (QED) is 0.179. The number of benzene rings is 6. The molecule has 7 heteroatoms. The van der Waals surface area contributed by atoms with Crippen molar-refractivity contribution < 1.29 is 13.2 Å². The topological polar surface area (TPSA) is 38.0 Å². The first-order chi connectivity index (χ1) is 23.2. The van der Waals surface area contributed by atoms with E-state index in [1.54, 1.807) is 12.1 Å². The van der Waals surface area contributed by atoms with Crippen LogP contribution in [0.3, 0.4) is 0 Å². The minimum Gasteiger partial charge on any atom is -0.308 e. The van der Waals surface area contributed by atoms with Crippen molar-refractivity contribution >= 4 is 49.3 Å². The molecule has 2 heterocycles. The van der Waals surface area contributed by atoms with Crippen molar-refractivity contribution in [3.63, 3.8) is 0 Å². The average Bonchev–Trinajstić information content (AvgIpc) is 3.58. The van der Waals surface area contributed by atoms with Gasteiger partial charge in [0.1, 0.15) is 11.6 Å². The third-order valence-electron chi connectivity index (χ3n) is 9.13. The molecule has 0 aliphatic heterocycles. The molecule has 0 radical (unpaired) electrons. The van der Waals surface area contributed by atoms with Crippen LogP contribution in [-0.2, 0) is 6.18 Å². The zero-order chi connectivity index (χ0) is 33.3. The summed E-state index contributed by atoms with van der Waals surface area (Å²) >= 11 is 0. The maximum Gasteiger partial charge on any atom is 0.415 e. The molecule has 0 aliphatic rings. The summed E-state index contributed by atoms with van der Waals surface area (Å²) < 4.78 is 48.2. The molecule has 0 N–H and O–H groups in total. The van der Waals surface area contributed by atoms with Crippen LogP contribution in [-0.4, -0.2) is 9.13 Å². The summed E-state index contributed by atoms with van der Waals surface area (Å²) in [5, 5.41) is 15.0. The zero-order valence-electron chi connectivity index (χ0n) is 25.9. The fourth-order valence-corrected chi connectivity index (χ4v) is 7.13. The molecular weight excluding hydrogens is 605 g/mol. The standard InChI is InChI=1S/C41H25F3N4/c1-24-15-17-28-26-9-4-6-13-34(26)47(37(28)21-24)36-20-19-30(39-32(41(42,43)44)11-8-12-33(39)46-3)40(31(36)23-45)48-35-14-7-5-10-27(35)29-18-16-25(2)22-38(29)48/h4-22H,1-2H3. The van der Waals surface area contributed by atoms with Gasteiger partial charge in [0, 0.05) is 27.1 Å². The van der Waals surface area contributed by atoms with Gasteiger partial charge in [0.05, 0.1) is 45.6 Å². The number of para-hydroxylation sites is 2. The number of fused-ring (bicyclic) bond motifs is 6. The maximum atomic E-state index is 14.8. The highest BCUT2D eigenvalue weighted by atomic mass is 19.4. The fraction of sp³-hybridized carbons (Fsp3) is 0.0732. The number of halogens is 3. The highest BCUT2D eigenvalue weighted by Gasteiger charge is 2.36. The Hall–Kier alpha value is -6.31. The van der Waals surface area contributed by atoms with Crippen molar-refractivity contribution in [2.75, 3.05) is 0 Å². The molecule has 6 aromatic carbocycles. The Labute approximate surface area is 273 Å². The van der Waals surface area contributed by atoms with Gasteiger partial charge in [0.15, 0.2) is 5.69 Å². The Kier molecular flexibility index (Phi) is 6.44. The third kappa shape index (κ3) is 4.22. The van der Waals surface area contributed by atoms with Gasteiger partial charge in [-0.05, 0) is 60.9 Å². The van der Waals surface area contributed by atoms with E-state index in [4.69, 9.17) is 6.57 Å². The number of aryl methyl sites for hydroxylation is 2. The molecule has 0 bridgehead atoms. The summed E-state index contributed by atoms with van der Waals surface area (Å²) in [5.41, 5.74) is 5.03. The lowest BCUT2D eigenvalue weighted by molar-refractivity contribution is -0.137. The smallest absolute Gasteiger partial charge is 0.308 e. The van der Waals surface area contributed by atoms with E-state index in [2.05, 4.69) is 23.0 Å². The van der Waals surface area contributed by atoms with Crippen LogP contribution in [0.2, 0.25) is 0 Å². The zero-order valence-corrected chi connectivity index (χ0v) is 25.9. The van der Waals surface area contributed by atoms with Crippen LogP contribution >= 0.6 is 0 Å². The van der Waals surface area contributed by atoms with E-state index in [0.717, 1.165) is 60.8 Å². The first kappa shape index (κ1) is 29.1. The molecule has 8 aromatic rings. The first-order valence-electron chi connectivity index (χ1n) is 15.4. The Balaban J connectivity index is 1.63. The van der Waals surface area contributed by atoms with Crippen LogP contribution in [0.4, 0.5) is 18.9 Å². The Bertz CT molecular complexity index is 2710. The maximum absolute atomic E-state index is 14.8. The molecule has 8 rings (SSSR count). The lowest BCUT2D eigenvalue weighted by Gasteiger charge is -2.22. The Morgan fingerprint density at radius 1 is 0.646 bits per heavy atom. The van der Waals surface area contributed by atoms with Gasteiger partial charge in [0.2, 0.25) is 0 Å². The summed E-state index contributed by atoms with van der Waals surface area (Å²) in [6.45, 7) is 11.9. The van der Waals surface area contributed by atoms with E-state index in [1.807, 2.05) is 95.8 Å². The number of hydrogen-bond acceptors (Lipinski definition) is 1. The number of nitrogens with zero attached hydrogens (tertiary/aromatic N) is 4. The highest BCUT2D eigenvalue weighted by Crippen LogP contribution is 2.48. The Morgan fingerprint density at radius 3 is 1.79 bits per heavy atom. The van der Waals surface area contributed by atoms with Crippen molar-refractivity contribution in [2.45, 2.75) is 20.0 Å². The average molecular weight is 631 g/mol. The lowest BCUT2D eigenvalue weighted by Crippen LogP contribution is -2.10. The van der Waals surface area contributed by atoms with Crippen LogP contribution in [0.15, 0.2) is 115 Å². The van der Waals surface area contributed by atoms with Gasteiger partial charge in [-0.15, -0.1) is 0 Å². The van der Waals surface area contributed by atoms with E-state index in [-0.39, 0.29) is 28.1 Å². The molecule has 230 valence electrons. The van der Waals surface area contributed by atoms with Gasteiger partial charge in [-0.2, -0.15) is 18.4 Å². The van der Waals surface area contributed by atoms with Gasteiger partial charge in [0.25, 0.3) is 0 Å². The second kappa shape index (κ2) is 10.6. The van der Waals surface area contributed by atoms with Crippen LogP contribution < -0.4 is 0 Å². The van der Waals surface area contributed by atoms with E-state index in [1.165, 1.54) is 12.1 Å². The van der Waals surface area contributed by atoms with Crippen LogP contribution in [0, 0.1) is 31.8 Å². The van der Waals surface area contributed by atoms with Crippen molar-refractivity contribution in [1.29, 1.82) is 5.26 Å². The number of aromatic nitrogens is 2. The van der Waals surface area contributed by atoms with E-state index in [9.17, 15) is 18.4 Å². The Morgan fingerprint density at radius 2 is 1.21 bits per heavy atom. The molecule has 4 nitrogen and oxygen atoms in total. The van der Waals surface area contributed by atoms with Crippen LogP contribution in [0.5, 0.6) is 0 Å². The van der Waals surface area contributed by atoms with Gasteiger partial charge < -0.3 is 9.13 Å². The van der Waals surface area contributed by atoms with Crippen molar-refractivity contribution in [3.05, 3.63) is 149 Å². The molecule has 0 saturated heterocycles. The monoisotopic (exact) mass is 630 g/mol. The van der Waals surface area contributed by atoms with E-state index < -0.39 is 11.7 Å². The SMILES string of the molecule is [C-]#[N+]c1cccc(C(F)(F)F)c1-c1ccc(-n2c3ccccc3c3ccc(C)cc32)c(C#N)c1-n1c2ccccc2c2ccc(C)cc21. The van der Waals surface area contributed by atoms with E-state index in [0.29, 0.717) is 5.69 Å². The first-order valence-corrected chi connectivity index (χ1v) is 15.4. The molecule has 2 aromatic heterocycles. The second-order valence-corrected chi connectivity index (χ2v) is 12.0. The van der Waals surface area contributed by atoms with E-state index >= 15 is 0 Å².